The van der Waals surface area contributed by atoms with Crippen LogP contribution in [0.4, 0.5) is 13.2 Å². The van der Waals surface area contributed by atoms with Crippen LogP contribution in [0.5, 0.6) is 0 Å². The highest BCUT2D eigenvalue weighted by atomic mass is 19.4. The summed E-state index contributed by atoms with van der Waals surface area (Å²) in [5.41, 5.74) is 3.64. The lowest BCUT2D eigenvalue weighted by Gasteiger charge is -2.17. The third-order valence-corrected chi connectivity index (χ3v) is 2.68. The molecule has 3 N–H and O–H groups in total. The highest BCUT2D eigenvalue weighted by molar-refractivity contribution is 5.32. The quantitative estimate of drug-likeness (QED) is 0.622. The van der Waals surface area contributed by atoms with Gasteiger partial charge in [-0.3, -0.25) is 5.84 Å². The lowest BCUT2D eigenvalue weighted by molar-refractivity contribution is -0.175. The Balaban J connectivity index is 2.11. The molecule has 1 aromatic carbocycles. The van der Waals surface area contributed by atoms with E-state index >= 15 is 0 Å². The maximum atomic E-state index is 12.1. The molecule has 114 valence electrons. The lowest BCUT2D eigenvalue weighted by Crippen LogP contribution is -2.34. The lowest BCUT2D eigenvalue weighted by atomic mass is 10.2. The molecule has 6 nitrogen and oxygen atoms in total. The predicted octanol–water partition coefficient (Wildman–Crippen LogP) is 1.35. The largest absolute Gasteiger partial charge is 0.411 e. The zero-order valence-electron chi connectivity index (χ0n) is 10.9. The molecule has 0 saturated carbocycles. The van der Waals surface area contributed by atoms with E-state index in [1.54, 1.807) is 12.1 Å². The SMILES string of the molecule is NNC(COCC(F)(F)F)c1cnnn1-c1ccccc1. The van der Waals surface area contributed by atoms with Crippen LogP contribution in [0.2, 0.25) is 0 Å². The van der Waals surface area contributed by atoms with Gasteiger partial charge in [0.05, 0.1) is 30.2 Å². The third kappa shape index (κ3) is 4.25. The molecule has 1 unspecified atom stereocenters. The molecule has 2 aromatic rings. The van der Waals surface area contributed by atoms with Gasteiger partial charge in [0.2, 0.25) is 0 Å². The third-order valence-electron chi connectivity index (χ3n) is 2.68. The first-order valence-corrected chi connectivity index (χ1v) is 6.08. The standard InChI is InChI=1S/C12H14F3N5O/c13-12(14,15)8-21-7-10(18-16)11-6-17-19-20(11)9-4-2-1-3-5-9/h1-6,10,18H,7-8,16H2. The van der Waals surface area contributed by atoms with Gasteiger partial charge in [-0.2, -0.15) is 13.2 Å². The number of nitrogens with zero attached hydrogens (tertiary/aromatic N) is 3. The number of hydrogen-bond acceptors (Lipinski definition) is 5. The van der Waals surface area contributed by atoms with Gasteiger partial charge in [0, 0.05) is 0 Å². The summed E-state index contributed by atoms with van der Waals surface area (Å²) in [6, 6.07) is 8.38. The molecule has 0 saturated heterocycles. The average molecular weight is 301 g/mol. The smallest absolute Gasteiger partial charge is 0.370 e. The molecule has 1 atom stereocenters. The van der Waals surface area contributed by atoms with E-state index in [2.05, 4.69) is 20.5 Å². The van der Waals surface area contributed by atoms with Gasteiger partial charge in [0.1, 0.15) is 6.61 Å². The zero-order valence-corrected chi connectivity index (χ0v) is 10.9. The number of ether oxygens (including phenoxy) is 1. The number of nitrogens with two attached hydrogens (primary N) is 1. The second kappa shape index (κ2) is 6.66. The van der Waals surface area contributed by atoms with Crippen LogP contribution < -0.4 is 11.3 Å². The Hall–Kier alpha value is -1.97. The molecule has 0 radical (unpaired) electrons. The molecule has 0 aliphatic heterocycles. The number of nitrogens with one attached hydrogen (secondary N) is 1. The molecule has 21 heavy (non-hydrogen) atoms. The summed E-state index contributed by atoms with van der Waals surface area (Å²) >= 11 is 0. The first-order chi connectivity index (χ1) is 10.0. The van der Waals surface area contributed by atoms with Crippen LogP contribution in [0.3, 0.4) is 0 Å². The van der Waals surface area contributed by atoms with Crippen LogP contribution in [-0.4, -0.2) is 34.4 Å². The molecule has 9 heteroatoms. The topological polar surface area (TPSA) is 78.0 Å². The molecule has 0 amide bonds. The van der Waals surface area contributed by atoms with Crippen molar-refractivity contribution in [3.63, 3.8) is 0 Å². The predicted molar refractivity (Wildman–Crippen MR) is 68.3 cm³/mol. The van der Waals surface area contributed by atoms with Gasteiger partial charge in [0.15, 0.2) is 0 Å². The van der Waals surface area contributed by atoms with E-state index in [1.807, 2.05) is 18.2 Å². The molecular weight excluding hydrogens is 287 g/mol. The van der Waals surface area contributed by atoms with Crippen molar-refractivity contribution in [2.24, 2.45) is 5.84 Å². The van der Waals surface area contributed by atoms with Gasteiger partial charge in [-0.05, 0) is 12.1 Å². The molecule has 1 heterocycles. The fraction of sp³-hybridized carbons (Fsp3) is 0.333. The van der Waals surface area contributed by atoms with E-state index in [-0.39, 0.29) is 6.61 Å². The van der Waals surface area contributed by atoms with Crippen molar-refractivity contribution in [2.75, 3.05) is 13.2 Å². The Bertz CT molecular complexity index is 558. The second-order valence-corrected chi connectivity index (χ2v) is 4.26. The Kier molecular flexibility index (Phi) is 4.89. The summed E-state index contributed by atoms with van der Waals surface area (Å²) in [6.07, 6.45) is -2.95. The highest BCUT2D eigenvalue weighted by Crippen LogP contribution is 2.18. The summed E-state index contributed by atoms with van der Waals surface area (Å²) in [7, 11) is 0. The molecule has 2 rings (SSSR count). The van der Waals surface area contributed by atoms with Crippen LogP contribution >= 0.6 is 0 Å². The number of hydrazine groups is 1. The fourth-order valence-electron chi connectivity index (χ4n) is 1.76. The van der Waals surface area contributed by atoms with Gasteiger partial charge in [-0.15, -0.1) is 5.10 Å². The highest BCUT2D eigenvalue weighted by Gasteiger charge is 2.28. The first kappa shape index (κ1) is 15.4. The van der Waals surface area contributed by atoms with Gasteiger partial charge in [-0.25, -0.2) is 10.1 Å². The van der Waals surface area contributed by atoms with Crippen molar-refractivity contribution in [2.45, 2.75) is 12.2 Å². The monoisotopic (exact) mass is 301 g/mol. The average Bonchev–Trinajstić information content (AvgIpc) is 2.92. The Labute approximate surface area is 118 Å². The van der Waals surface area contributed by atoms with Crippen molar-refractivity contribution in [1.29, 1.82) is 0 Å². The van der Waals surface area contributed by atoms with Crippen LogP contribution in [0.25, 0.3) is 5.69 Å². The number of aromatic nitrogens is 3. The number of para-hydroxylation sites is 1. The van der Waals surface area contributed by atoms with E-state index in [0.29, 0.717) is 5.69 Å². The van der Waals surface area contributed by atoms with Gasteiger partial charge in [0.25, 0.3) is 0 Å². The van der Waals surface area contributed by atoms with Crippen molar-refractivity contribution >= 4 is 0 Å². The number of benzene rings is 1. The van der Waals surface area contributed by atoms with Crippen molar-refractivity contribution in [1.82, 2.24) is 20.4 Å². The summed E-state index contributed by atoms with van der Waals surface area (Å²) in [5, 5.41) is 7.67. The van der Waals surface area contributed by atoms with Crippen LogP contribution in [-0.2, 0) is 4.74 Å². The molecule has 0 aliphatic carbocycles. The van der Waals surface area contributed by atoms with Gasteiger partial charge >= 0.3 is 6.18 Å². The van der Waals surface area contributed by atoms with Gasteiger partial charge in [-0.1, -0.05) is 23.4 Å². The second-order valence-electron chi connectivity index (χ2n) is 4.26. The van der Waals surface area contributed by atoms with Crippen LogP contribution in [0.1, 0.15) is 11.7 Å². The number of rotatable bonds is 6. The minimum Gasteiger partial charge on any atom is -0.370 e. The zero-order chi connectivity index (χ0) is 15.3. The summed E-state index contributed by atoms with van der Waals surface area (Å²) in [5.74, 6) is 5.38. The van der Waals surface area contributed by atoms with E-state index in [9.17, 15) is 13.2 Å². The maximum absolute atomic E-state index is 12.1. The molecule has 0 aliphatic rings. The summed E-state index contributed by atoms with van der Waals surface area (Å²) < 4.78 is 42.4. The Morgan fingerprint density at radius 1 is 1.29 bits per heavy atom. The van der Waals surface area contributed by atoms with Crippen molar-refractivity contribution in [3.05, 3.63) is 42.2 Å². The van der Waals surface area contributed by atoms with Crippen LogP contribution in [0, 0.1) is 0 Å². The van der Waals surface area contributed by atoms with E-state index in [0.717, 1.165) is 5.69 Å². The normalized spacial score (nSPS) is 13.3. The first-order valence-electron chi connectivity index (χ1n) is 6.08. The number of hydrogen-bond donors (Lipinski definition) is 2. The van der Waals surface area contributed by atoms with Gasteiger partial charge < -0.3 is 4.74 Å². The minimum absolute atomic E-state index is 0.254. The number of halogens is 3. The fourth-order valence-corrected chi connectivity index (χ4v) is 1.76. The minimum atomic E-state index is -4.38. The maximum Gasteiger partial charge on any atom is 0.411 e. The van der Waals surface area contributed by atoms with Crippen LogP contribution in [0.15, 0.2) is 36.5 Å². The number of alkyl halides is 3. The van der Waals surface area contributed by atoms with E-state index in [4.69, 9.17) is 5.84 Å². The van der Waals surface area contributed by atoms with Crippen molar-refractivity contribution in [3.8, 4) is 5.69 Å². The van der Waals surface area contributed by atoms with E-state index in [1.165, 1.54) is 10.9 Å². The summed E-state index contributed by atoms with van der Waals surface area (Å²) in [6.45, 7) is -1.59. The van der Waals surface area contributed by atoms with E-state index < -0.39 is 18.8 Å². The van der Waals surface area contributed by atoms with Crippen molar-refractivity contribution < 1.29 is 17.9 Å². The molecular formula is C12H14F3N5O. The Morgan fingerprint density at radius 3 is 2.62 bits per heavy atom. The Morgan fingerprint density at radius 2 is 2.00 bits per heavy atom. The molecule has 0 bridgehead atoms. The molecule has 1 aromatic heterocycles. The summed E-state index contributed by atoms with van der Waals surface area (Å²) in [4.78, 5) is 0. The molecule has 0 spiro atoms. The molecule has 0 fully saturated rings.